The van der Waals surface area contributed by atoms with Gasteiger partial charge in [-0.1, -0.05) is 28.1 Å². The number of hydrogen-bond donors (Lipinski definition) is 2. The van der Waals surface area contributed by atoms with E-state index in [-0.39, 0.29) is 5.91 Å². The fourth-order valence-corrected chi connectivity index (χ4v) is 3.53. The smallest absolute Gasteiger partial charge is 0.260 e. The molecule has 25 heavy (non-hydrogen) atoms. The topological polar surface area (TPSA) is 67.0 Å². The van der Waals surface area contributed by atoms with Gasteiger partial charge in [-0.05, 0) is 53.2 Å². The second-order valence-corrected chi connectivity index (χ2v) is 7.35. The molecular weight excluding hydrogens is 450 g/mol. The molecule has 0 saturated heterocycles. The monoisotopic (exact) mass is 465 g/mol. The molecule has 2 aromatic carbocycles. The number of benzene rings is 2. The zero-order valence-corrected chi connectivity index (χ0v) is 16.7. The van der Waals surface area contributed by atoms with E-state index in [0.29, 0.717) is 18.7 Å². The highest BCUT2D eigenvalue weighted by Gasteiger charge is 2.16. The number of ether oxygens (including phenoxy) is 1. The zero-order valence-electron chi connectivity index (χ0n) is 13.6. The van der Waals surface area contributed by atoms with Gasteiger partial charge >= 0.3 is 0 Å². The predicted octanol–water partition coefficient (Wildman–Crippen LogP) is 4.21. The molecule has 1 amide bonds. The Morgan fingerprint density at radius 2 is 2.08 bits per heavy atom. The minimum Gasteiger partial charge on any atom is -0.480 e. The minimum atomic E-state index is -0.590. The summed E-state index contributed by atoms with van der Waals surface area (Å²) in [5.74, 6) is 1.32. The van der Waals surface area contributed by atoms with Crippen LogP contribution in [0.25, 0.3) is 11.0 Å². The molecule has 7 heteroatoms. The molecule has 0 spiro atoms. The standard InChI is InChI=1S/C18H17Br2N3O2/c1-11(25-16-7-6-12(19)10-13(16)20)18(24)21-9-8-17-22-14-4-2-3-5-15(14)23-17/h2-7,10-11H,8-9H2,1H3,(H,21,24)(H,22,23). The average Bonchev–Trinajstić information content (AvgIpc) is 3.00. The Hall–Kier alpha value is -1.86. The maximum atomic E-state index is 12.2. The summed E-state index contributed by atoms with van der Waals surface area (Å²) >= 11 is 6.81. The first-order chi connectivity index (χ1) is 12.0. The van der Waals surface area contributed by atoms with Crippen LogP contribution in [0.3, 0.4) is 0 Å². The number of halogens is 2. The fraction of sp³-hybridized carbons (Fsp3) is 0.222. The molecule has 1 atom stereocenters. The number of amides is 1. The number of nitrogens with zero attached hydrogens (tertiary/aromatic N) is 1. The van der Waals surface area contributed by atoms with Gasteiger partial charge in [0.25, 0.3) is 5.91 Å². The Balaban J connectivity index is 1.51. The lowest BCUT2D eigenvalue weighted by Gasteiger charge is -2.15. The van der Waals surface area contributed by atoms with Crippen molar-refractivity contribution in [3.8, 4) is 5.75 Å². The van der Waals surface area contributed by atoms with Crippen molar-refractivity contribution in [1.82, 2.24) is 15.3 Å². The lowest BCUT2D eigenvalue weighted by Crippen LogP contribution is -2.37. The third kappa shape index (κ3) is 4.61. The van der Waals surface area contributed by atoms with E-state index in [4.69, 9.17) is 4.74 Å². The van der Waals surface area contributed by atoms with Crippen LogP contribution in [0.2, 0.25) is 0 Å². The van der Waals surface area contributed by atoms with Crippen molar-refractivity contribution in [1.29, 1.82) is 0 Å². The number of imidazole rings is 1. The van der Waals surface area contributed by atoms with Crippen LogP contribution in [-0.2, 0) is 11.2 Å². The largest absolute Gasteiger partial charge is 0.480 e. The first kappa shape index (κ1) is 17.9. The Morgan fingerprint density at radius 3 is 2.84 bits per heavy atom. The lowest BCUT2D eigenvalue weighted by molar-refractivity contribution is -0.127. The molecule has 0 fully saturated rings. The van der Waals surface area contributed by atoms with Crippen LogP contribution in [0.5, 0.6) is 5.75 Å². The first-order valence-electron chi connectivity index (χ1n) is 7.86. The molecule has 0 radical (unpaired) electrons. The maximum Gasteiger partial charge on any atom is 0.260 e. The predicted molar refractivity (Wildman–Crippen MR) is 105 cm³/mol. The molecule has 130 valence electrons. The molecule has 0 aliphatic rings. The van der Waals surface area contributed by atoms with Gasteiger partial charge in [0.2, 0.25) is 0 Å². The lowest BCUT2D eigenvalue weighted by atomic mass is 10.3. The van der Waals surface area contributed by atoms with Gasteiger partial charge in [0.05, 0.1) is 15.5 Å². The van der Waals surface area contributed by atoms with Gasteiger partial charge < -0.3 is 15.0 Å². The number of nitrogens with one attached hydrogen (secondary N) is 2. The van der Waals surface area contributed by atoms with E-state index in [2.05, 4.69) is 47.1 Å². The summed E-state index contributed by atoms with van der Waals surface area (Å²) in [5, 5.41) is 2.88. The highest BCUT2D eigenvalue weighted by molar-refractivity contribution is 9.11. The summed E-state index contributed by atoms with van der Waals surface area (Å²) in [6.45, 7) is 2.22. The van der Waals surface area contributed by atoms with Crippen LogP contribution in [0.4, 0.5) is 0 Å². The molecule has 3 rings (SSSR count). The van der Waals surface area contributed by atoms with Gasteiger partial charge in [-0.15, -0.1) is 0 Å². The van der Waals surface area contributed by atoms with Gasteiger partial charge in [-0.2, -0.15) is 0 Å². The van der Waals surface area contributed by atoms with E-state index < -0.39 is 6.10 Å². The number of H-pyrrole nitrogens is 1. The van der Waals surface area contributed by atoms with E-state index in [1.54, 1.807) is 6.92 Å². The highest BCUT2D eigenvalue weighted by Crippen LogP contribution is 2.28. The van der Waals surface area contributed by atoms with Crippen LogP contribution in [-0.4, -0.2) is 28.5 Å². The molecule has 1 unspecified atom stereocenters. The van der Waals surface area contributed by atoms with E-state index in [9.17, 15) is 4.79 Å². The number of aromatic nitrogens is 2. The molecule has 3 aromatic rings. The van der Waals surface area contributed by atoms with E-state index in [1.807, 2.05) is 42.5 Å². The van der Waals surface area contributed by atoms with Crippen molar-refractivity contribution < 1.29 is 9.53 Å². The number of aromatic amines is 1. The summed E-state index contributed by atoms with van der Waals surface area (Å²) in [7, 11) is 0. The van der Waals surface area contributed by atoms with Crippen LogP contribution in [0.15, 0.2) is 51.4 Å². The van der Waals surface area contributed by atoms with Crippen molar-refractivity contribution in [3.05, 3.63) is 57.2 Å². The van der Waals surface area contributed by atoms with Crippen molar-refractivity contribution in [3.63, 3.8) is 0 Å². The summed E-state index contributed by atoms with van der Waals surface area (Å²) in [6, 6.07) is 13.4. The molecule has 0 saturated carbocycles. The Kier molecular flexibility index (Phi) is 5.75. The normalized spacial score (nSPS) is 12.1. The fourth-order valence-electron chi connectivity index (χ4n) is 2.39. The van der Waals surface area contributed by atoms with Crippen molar-refractivity contribution in [2.45, 2.75) is 19.4 Å². The number of fused-ring (bicyclic) bond motifs is 1. The van der Waals surface area contributed by atoms with Crippen LogP contribution in [0.1, 0.15) is 12.7 Å². The van der Waals surface area contributed by atoms with Crippen molar-refractivity contribution in [2.75, 3.05) is 6.54 Å². The molecule has 0 aliphatic heterocycles. The van der Waals surface area contributed by atoms with Gasteiger partial charge in [0, 0.05) is 17.4 Å². The third-order valence-corrected chi connectivity index (χ3v) is 4.78. The number of hydrogen-bond acceptors (Lipinski definition) is 3. The SMILES string of the molecule is CC(Oc1ccc(Br)cc1Br)C(=O)NCCc1nc2ccccc2[nH]1. The van der Waals surface area contributed by atoms with Crippen molar-refractivity contribution >= 4 is 48.8 Å². The molecule has 1 heterocycles. The molecule has 2 N–H and O–H groups in total. The highest BCUT2D eigenvalue weighted by atomic mass is 79.9. The molecular formula is C18H17Br2N3O2. The maximum absolute atomic E-state index is 12.2. The number of carbonyl (C=O) groups is 1. The van der Waals surface area contributed by atoms with Crippen LogP contribution >= 0.6 is 31.9 Å². The van der Waals surface area contributed by atoms with Crippen LogP contribution in [0, 0.1) is 0 Å². The molecule has 5 nitrogen and oxygen atoms in total. The second-order valence-electron chi connectivity index (χ2n) is 5.58. The van der Waals surface area contributed by atoms with Gasteiger partial charge in [0.15, 0.2) is 6.10 Å². The second kappa shape index (κ2) is 8.01. The summed E-state index contributed by atoms with van der Waals surface area (Å²) < 4.78 is 7.44. The molecule has 0 bridgehead atoms. The number of para-hydroxylation sites is 2. The van der Waals surface area contributed by atoms with Crippen molar-refractivity contribution in [2.24, 2.45) is 0 Å². The van der Waals surface area contributed by atoms with Gasteiger partial charge in [-0.25, -0.2) is 4.98 Å². The van der Waals surface area contributed by atoms with Gasteiger partial charge in [-0.3, -0.25) is 4.79 Å². The number of rotatable bonds is 6. The Bertz CT molecular complexity index is 862. The number of carbonyl (C=O) groups excluding carboxylic acids is 1. The molecule has 0 aliphatic carbocycles. The van der Waals surface area contributed by atoms with E-state index >= 15 is 0 Å². The van der Waals surface area contributed by atoms with Crippen LogP contribution < -0.4 is 10.1 Å². The average molecular weight is 467 g/mol. The Labute approximate surface area is 162 Å². The van der Waals surface area contributed by atoms with E-state index in [0.717, 1.165) is 25.8 Å². The summed E-state index contributed by atoms with van der Waals surface area (Å²) in [4.78, 5) is 19.9. The Morgan fingerprint density at radius 1 is 1.28 bits per heavy atom. The summed E-state index contributed by atoms with van der Waals surface area (Å²) in [5.41, 5.74) is 1.93. The minimum absolute atomic E-state index is 0.161. The van der Waals surface area contributed by atoms with Gasteiger partial charge in [0.1, 0.15) is 11.6 Å². The quantitative estimate of drug-likeness (QED) is 0.571. The first-order valence-corrected chi connectivity index (χ1v) is 9.44. The summed E-state index contributed by atoms with van der Waals surface area (Å²) in [6.07, 6.45) is 0.0444. The molecule has 1 aromatic heterocycles. The van der Waals surface area contributed by atoms with E-state index in [1.165, 1.54) is 0 Å². The third-order valence-electron chi connectivity index (χ3n) is 3.67. The zero-order chi connectivity index (χ0) is 17.8.